The van der Waals surface area contributed by atoms with E-state index in [-0.39, 0.29) is 11.3 Å². The molecule has 1 amide bonds. The number of rotatable bonds is 6. The Bertz CT molecular complexity index is 625. The van der Waals surface area contributed by atoms with E-state index in [4.69, 9.17) is 0 Å². The van der Waals surface area contributed by atoms with Crippen LogP contribution in [0.15, 0.2) is 24.3 Å². The summed E-state index contributed by atoms with van der Waals surface area (Å²) in [4.78, 5) is 15.3. The number of aromatic amines is 1. The predicted molar refractivity (Wildman–Crippen MR) is 88.6 cm³/mol. The number of benzene rings is 1. The van der Waals surface area contributed by atoms with Gasteiger partial charge in [-0.1, -0.05) is 45.4 Å². The molecule has 2 aromatic rings. The smallest absolute Gasteiger partial charge is 0.220 e. The molecule has 0 bridgehead atoms. The summed E-state index contributed by atoms with van der Waals surface area (Å²) >= 11 is 0. The number of para-hydroxylation sites is 1. The van der Waals surface area contributed by atoms with Crippen LogP contribution in [0.25, 0.3) is 10.9 Å². The monoisotopic (exact) mass is 286 g/mol. The Kier molecular flexibility index (Phi) is 4.71. The number of H-pyrrole nitrogens is 1. The summed E-state index contributed by atoms with van der Waals surface area (Å²) in [6.07, 6.45) is 2.64. The summed E-state index contributed by atoms with van der Waals surface area (Å²) in [5.74, 6) is 0.155. The van der Waals surface area contributed by atoms with Crippen LogP contribution in [0.4, 0.5) is 0 Å². The van der Waals surface area contributed by atoms with Crippen LogP contribution >= 0.6 is 0 Å². The van der Waals surface area contributed by atoms with Gasteiger partial charge in [-0.2, -0.15) is 0 Å². The van der Waals surface area contributed by atoms with Crippen LogP contribution in [0.5, 0.6) is 0 Å². The molecule has 0 aliphatic rings. The third-order valence-corrected chi connectivity index (χ3v) is 4.06. The molecule has 2 N–H and O–H groups in total. The number of hydrogen-bond acceptors (Lipinski definition) is 1. The van der Waals surface area contributed by atoms with Gasteiger partial charge in [0.1, 0.15) is 0 Å². The fourth-order valence-electron chi connectivity index (χ4n) is 2.98. The van der Waals surface area contributed by atoms with Gasteiger partial charge in [0.15, 0.2) is 0 Å². The van der Waals surface area contributed by atoms with Crippen molar-refractivity contribution < 1.29 is 4.79 Å². The van der Waals surface area contributed by atoms with Crippen molar-refractivity contribution in [3.8, 4) is 0 Å². The number of carbonyl (C=O) groups is 1. The van der Waals surface area contributed by atoms with E-state index in [9.17, 15) is 4.79 Å². The molecule has 0 aliphatic carbocycles. The average Bonchev–Trinajstić information content (AvgIpc) is 2.79. The van der Waals surface area contributed by atoms with Crippen LogP contribution in [-0.2, 0) is 10.2 Å². The molecule has 1 aromatic carbocycles. The summed E-state index contributed by atoms with van der Waals surface area (Å²) in [5, 5.41) is 4.34. The van der Waals surface area contributed by atoms with Crippen molar-refractivity contribution in [3.63, 3.8) is 0 Å². The van der Waals surface area contributed by atoms with Gasteiger partial charge in [-0.15, -0.1) is 0 Å². The fourth-order valence-corrected chi connectivity index (χ4v) is 2.98. The molecule has 3 heteroatoms. The van der Waals surface area contributed by atoms with Crippen molar-refractivity contribution in [2.75, 3.05) is 6.54 Å². The molecule has 0 spiro atoms. The summed E-state index contributed by atoms with van der Waals surface area (Å²) in [7, 11) is 0. The van der Waals surface area contributed by atoms with Crippen LogP contribution in [0.1, 0.15) is 51.3 Å². The second-order valence-electron chi connectivity index (χ2n) is 6.43. The number of aryl methyl sites for hydroxylation is 1. The van der Waals surface area contributed by atoms with Gasteiger partial charge in [0, 0.05) is 35.0 Å². The van der Waals surface area contributed by atoms with E-state index in [1.54, 1.807) is 0 Å². The van der Waals surface area contributed by atoms with E-state index >= 15 is 0 Å². The lowest BCUT2D eigenvalue weighted by atomic mass is 9.82. The molecule has 0 saturated heterocycles. The Morgan fingerprint density at radius 2 is 2.00 bits per heavy atom. The van der Waals surface area contributed by atoms with Gasteiger partial charge in [-0.05, 0) is 25.0 Å². The summed E-state index contributed by atoms with van der Waals surface area (Å²) in [5.41, 5.74) is 3.55. The van der Waals surface area contributed by atoms with Crippen molar-refractivity contribution in [1.29, 1.82) is 0 Å². The Morgan fingerprint density at radius 3 is 2.71 bits per heavy atom. The largest absolute Gasteiger partial charge is 0.358 e. The lowest BCUT2D eigenvalue weighted by Crippen LogP contribution is -2.36. The topological polar surface area (TPSA) is 44.9 Å². The number of fused-ring (bicyclic) bond motifs is 1. The Hall–Kier alpha value is -1.77. The molecule has 1 aromatic heterocycles. The van der Waals surface area contributed by atoms with Crippen molar-refractivity contribution in [2.45, 2.75) is 52.4 Å². The highest BCUT2D eigenvalue weighted by Gasteiger charge is 2.26. The van der Waals surface area contributed by atoms with Gasteiger partial charge in [0.2, 0.25) is 5.91 Å². The molecular weight excluding hydrogens is 260 g/mol. The van der Waals surface area contributed by atoms with Gasteiger partial charge in [0.25, 0.3) is 0 Å². The average molecular weight is 286 g/mol. The standard InChI is InChI=1S/C18H26N2O/c1-5-6-11-16(21)19-12-18(3,4)17-13(2)20-15-10-8-7-9-14(15)17/h7-10,20H,5-6,11-12H2,1-4H3,(H,19,21). The number of hydrogen-bond donors (Lipinski definition) is 2. The first-order chi connectivity index (χ1) is 9.95. The van der Waals surface area contributed by atoms with Gasteiger partial charge in [-0.3, -0.25) is 4.79 Å². The maximum Gasteiger partial charge on any atom is 0.220 e. The molecule has 0 atom stereocenters. The lowest BCUT2D eigenvalue weighted by Gasteiger charge is -2.26. The molecule has 21 heavy (non-hydrogen) atoms. The molecular formula is C18H26N2O. The molecule has 0 saturated carbocycles. The van der Waals surface area contributed by atoms with Crippen molar-refractivity contribution in [1.82, 2.24) is 10.3 Å². The van der Waals surface area contributed by atoms with Gasteiger partial charge < -0.3 is 10.3 Å². The molecule has 0 aliphatic heterocycles. The zero-order chi connectivity index (χ0) is 15.5. The van der Waals surface area contributed by atoms with Crippen LogP contribution in [0.3, 0.4) is 0 Å². The maximum absolute atomic E-state index is 11.8. The number of amides is 1. The number of unbranched alkanes of at least 4 members (excludes halogenated alkanes) is 1. The first-order valence-corrected chi connectivity index (χ1v) is 7.80. The molecule has 0 fully saturated rings. The van der Waals surface area contributed by atoms with Gasteiger partial charge in [0.05, 0.1) is 0 Å². The zero-order valence-corrected chi connectivity index (χ0v) is 13.5. The Labute approximate surface area is 127 Å². The molecule has 3 nitrogen and oxygen atoms in total. The zero-order valence-electron chi connectivity index (χ0n) is 13.5. The number of carbonyl (C=O) groups excluding carboxylic acids is 1. The maximum atomic E-state index is 11.8. The van der Waals surface area contributed by atoms with E-state index in [0.717, 1.165) is 18.4 Å². The van der Waals surface area contributed by atoms with Crippen molar-refractivity contribution in [3.05, 3.63) is 35.5 Å². The SMILES string of the molecule is CCCCC(=O)NCC(C)(C)c1c(C)[nH]c2ccccc12. The Balaban J connectivity index is 2.17. The highest BCUT2D eigenvalue weighted by molar-refractivity contribution is 5.86. The van der Waals surface area contributed by atoms with Gasteiger partial charge >= 0.3 is 0 Å². The predicted octanol–water partition coefficient (Wildman–Crippen LogP) is 4.06. The lowest BCUT2D eigenvalue weighted by molar-refractivity contribution is -0.121. The Morgan fingerprint density at radius 1 is 1.29 bits per heavy atom. The van der Waals surface area contributed by atoms with Crippen molar-refractivity contribution in [2.24, 2.45) is 0 Å². The summed E-state index contributed by atoms with van der Waals surface area (Å²) in [6, 6.07) is 8.35. The second-order valence-corrected chi connectivity index (χ2v) is 6.43. The highest BCUT2D eigenvalue weighted by Crippen LogP contribution is 2.32. The quantitative estimate of drug-likeness (QED) is 0.826. The normalized spacial score (nSPS) is 11.8. The minimum Gasteiger partial charge on any atom is -0.358 e. The molecule has 0 radical (unpaired) electrons. The fraction of sp³-hybridized carbons (Fsp3) is 0.500. The van der Waals surface area contributed by atoms with E-state index in [1.165, 1.54) is 16.6 Å². The van der Waals surface area contributed by atoms with Crippen LogP contribution in [-0.4, -0.2) is 17.4 Å². The van der Waals surface area contributed by atoms with E-state index in [1.807, 2.05) is 6.07 Å². The molecule has 1 heterocycles. The van der Waals surface area contributed by atoms with Crippen LogP contribution < -0.4 is 5.32 Å². The summed E-state index contributed by atoms with van der Waals surface area (Å²) in [6.45, 7) is 9.26. The van der Waals surface area contributed by atoms with E-state index in [2.05, 4.69) is 56.2 Å². The number of nitrogens with one attached hydrogen (secondary N) is 2. The first-order valence-electron chi connectivity index (χ1n) is 7.80. The minimum absolute atomic E-state index is 0.0917. The third-order valence-electron chi connectivity index (χ3n) is 4.06. The van der Waals surface area contributed by atoms with E-state index in [0.29, 0.717) is 13.0 Å². The summed E-state index contributed by atoms with van der Waals surface area (Å²) < 4.78 is 0. The minimum atomic E-state index is -0.0917. The first kappa shape index (κ1) is 15.6. The van der Waals surface area contributed by atoms with Crippen LogP contribution in [0, 0.1) is 6.92 Å². The molecule has 114 valence electrons. The van der Waals surface area contributed by atoms with E-state index < -0.39 is 0 Å². The van der Waals surface area contributed by atoms with Crippen molar-refractivity contribution >= 4 is 16.8 Å². The van der Waals surface area contributed by atoms with Crippen LogP contribution in [0.2, 0.25) is 0 Å². The number of aromatic nitrogens is 1. The second kappa shape index (κ2) is 6.33. The molecule has 0 unspecified atom stereocenters. The third kappa shape index (κ3) is 3.46. The molecule has 2 rings (SSSR count). The highest BCUT2D eigenvalue weighted by atomic mass is 16.1. The van der Waals surface area contributed by atoms with Gasteiger partial charge in [-0.25, -0.2) is 0 Å².